The maximum absolute atomic E-state index is 10.8. The highest BCUT2D eigenvalue weighted by Crippen LogP contribution is 2.29. The Hall–Kier alpha value is -1.000. The number of piperidine rings is 1. The van der Waals surface area contributed by atoms with E-state index >= 15 is 0 Å². The maximum Gasteiger partial charge on any atom is 0.306 e. The number of anilines is 1. The Bertz CT molecular complexity index is 431. The molecule has 1 aliphatic heterocycles. The van der Waals surface area contributed by atoms with Gasteiger partial charge in [-0.3, -0.25) is 4.79 Å². The van der Waals surface area contributed by atoms with Crippen LogP contribution in [0.15, 0.2) is 12.3 Å². The largest absolute Gasteiger partial charge is 0.481 e. The minimum atomic E-state index is -0.722. The van der Waals surface area contributed by atoms with Crippen LogP contribution in [0.5, 0.6) is 0 Å². The van der Waals surface area contributed by atoms with Crippen LogP contribution in [0.4, 0.5) is 5.82 Å². The molecule has 0 radical (unpaired) electrons. The smallest absolute Gasteiger partial charge is 0.306 e. The first-order valence-electron chi connectivity index (χ1n) is 5.36. The number of hydrogen-bond donors (Lipinski definition) is 1. The lowest BCUT2D eigenvalue weighted by atomic mass is 9.97. The second kappa shape index (κ2) is 5.10. The highest BCUT2D eigenvalue weighted by molar-refractivity contribution is 6.36. The molecule has 2 heterocycles. The van der Waals surface area contributed by atoms with Crippen LogP contribution in [0.1, 0.15) is 12.8 Å². The van der Waals surface area contributed by atoms with Crippen molar-refractivity contribution in [1.82, 2.24) is 4.98 Å². The summed E-state index contributed by atoms with van der Waals surface area (Å²) in [7, 11) is 0. The summed E-state index contributed by atoms with van der Waals surface area (Å²) >= 11 is 11.8. The normalized spacial score (nSPS) is 17.2. The Labute approximate surface area is 109 Å². The summed E-state index contributed by atoms with van der Waals surface area (Å²) in [6, 6.07) is 1.65. The van der Waals surface area contributed by atoms with Crippen molar-refractivity contribution < 1.29 is 9.90 Å². The van der Waals surface area contributed by atoms with E-state index in [0.717, 1.165) is 0 Å². The second-order valence-electron chi connectivity index (χ2n) is 4.06. The third kappa shape index (κ3) is 2.82. The molecule has 1 aromatic rings. The molecule has 1 aromatic heterocycles. The molecule has 0 aliphatic carbocycles. The molecule has 0 spiro atoms. The van der Waals surface area contributed by atoms with Gasteiger partial charge < -0.3 is 10.0 Å². The van der Waals surface area contributed by atoms with Crippen LogP contribution < -0.4 is 4.90 Å². The molecule has 0 aromatic carbocycles. The van der Waals surface area contributed by atoms with Crippen LogP contribution in [-0.4, -0.2) is 29.1 Å². The molecule has 17 heavy (non-hydrogen) atoms. The minimum Gasteiger partial charge on any atom is -0.481 e. The van der Waals surface area contributed by atoms with E-state index in [1.54, 1.807) is 12.3 Å². The van der Waals surface area contributed by atoms with Crippen LogP contribution in [0.2, 0.25) is 10.0 Å². The monoisotopic (exact) mass is 274 g/mol. The fraction of sp³-hybridized carbons (Fsp3) is 0.455. The summed E-state index contributed by atoms with van der Waals surface area (Å²) in [5, 5.41) is 9.91. The lowest BCUT2D eigenvalue weighted by Gasteiger charge is -2.31. The number of aromatic nitrogens is 1. The first-order chi connectivity index (χ1) is 8.08. The standard InChI is InChI=1S/C11H12Cl2N2O2/c12-8-5-9(13)10(14-6-8)15-3-1-7(2-4-15)11(16)17/h5-7H,1-4H2,(H,16,17). The molecule has 0 saturated carbocycles. The van der Waals surface area contributed by atoms with Crippen LogP contribution in [0, 0.1) is 5.92 Å². The number of carbonyl (C=O) groups is 1. The van der Waals surface area contributed by atoms with E-state index in [9.17, 15) is 4.79 Å². The number of hydrogen-bond acceptors (Lipinski definition) is 3. The highest BCUT2D eigenvalue weighted by atomic mass is 35.5. The third-order valence-corrected chi connectivity index (χ3v) is 3.42. The molecule has 0 atom stereocenters. The molecule has 4 nitrogen and oxygen atoms in total. The van der Waals surface area contributed by atoms with E-state index in [1.165, 1.54) is 0 Å². The van der Waals surface area contributed by atoms with Crippen molar-refractivity contribution in [1.29, 1.82) is 0 Å². The van der Waals surface area contributed by atoms with Gasteiger partial charge in [-0.05, 0) is 18.9 Å². The molecular formula is C11H12Cl2N2O2. The molecular weight excluding hydrogens is 263 g/mol. The number of aliphatic carboxylic acids is 1. The van der Waals surface area contributed by atoms with Gasteiger partial charge >= 0.3 is 5.97 Å². The van der Waals surface area contributed by atoms with Crippen LogP contribution in [-0.2, 0) is 4.79 Å². The van der Waals surface area contributed by atoms with Crippen molar-refractivity contribution in [3.05, 3.63) is 22.3 Å². The van der Waals surface area contributed by atoms with Gasteiger partial charge in [0.2, 0.25) is 0 Å². The van der Waals surface area contributed by atoms with Gasteiger partial charge in [-0.1, -0.05) is 23.2 Å². The van der Waals surface area contributed by atoms with Crippen molar-refractivity contribution in [2.75, 3.05) is 18.0 Å². The average molecular weight is 275 g/mol. The number of halogens is 2. The van der Waals surface area contributed by atoms with Crippen LogP contribution >= 0.6 is 23.2 Å². The summed E-state index contributed by atoms with van der Waals surface area (Å²) < 4.78 is 0. The van der Waals surface area contributed by atoms with Gasteiger partial charge in [0.05, 0.1) is 16.0 Å². The topological polar surface area (TPSA) is 53.4 Å². The first-order valence-corrected chi connectivity index (χ1v) is 6.12. The van der Waals surface area contributed by atoms with Gasteiger partial charge in [0.1, 0.15) is 5.82 Å². The maximum atomic E-state index is 10.8. The van der Waals surface area contributed by atoms with Gasteiger partial charge in [0.15, 0.2) is 0 Å². The number of nitrogens with zero attached hydrogens (tertiary/aromatic N) is 2. The number of carboxylic acids is 1. The molecule has 1 saturated heterocycles. The quantitative estimate of drug-likeness (QED) is 0.901. The van der Waals surface area contributed by atoms with E-state index in [-0.39, 0.29) is 5.92 Å². The predicted octanol–water partition coefficient (Wildman–Crippen LogP) is 2.69. The first kappa shape index (κ1) is 12.5. The van der Waals surface area contributed by atoms with Gasteiger partial charge in [-0.25, -0.2) is 4.98 Å². The molecule has 92 valence electrons. The fourth-order valence-electron chi connectivity index (χ4n) is 1.98. The van der Waals surface area contributed by atoms with E-state index < -0.39 is 5.97 Å². The number of carboxylic acid groups (broad SMARTS) is 1. The summed E-state index contributed by atoms with van der Waals surface area (Å²) in [5.74, 6) is -0.294. The number of pyridine rings is 1. The average Bonchev–Trinajstić information content (AvgIpc) is 2.29. The third-order valence-electron chi connectivity index (χ3n) is 2.93. The zero-order valence-corrected chi connectivity index (χ0v) is 10.6. The molecule has 1 N–H and O–H groups in total. The minimum absolute atomic E-state index is 0.252. The fourth-order valence-corrected chi connectivity index (χ4v) is 2.48. The van der Waals surface area contributed by atoms with E-state index in [0.29, 0.717) is 41.8 Å². The second-order valence-corrected chi connectivity index (χ2v) is 4.90. The molecule has 6 heteroatoms. The molecule has 1 aliphatic rings. The van der Waals surface area contributed by atoms with Gasteiger partial charge in [0, 0.05) is 19.3 Å². The summed E-state index contributed by atoms with van der Waals surface area (Å²) in [6.07, 6.45) is 2.79. The van der Waals surface area contributed by atoms with Crippen molar-refractivity contribution in [3.8, 4) is 0 Å². The van der Waals surface area contributed by atoms with E-state index in [2.05, 4.69) is 4.98 Å². The van der Waals surface area contributed by atoms with Crippen molar-refractivity contribution in [2.45, 2.75) is 12.8 Å². The van der Waals surface area contributed by atoms with Gasteiger partial charge in [-0.2, -0.15) is 0 Å². The zero-order chi connectivity index (χ0) is 12.4. The predicted molar refractivity (Wildman–Crippen MR) is 66.8 cm³/mol. The summed E-state index contributed by atoms with van der Waals surface area (Å²) in [5.41, 5.74) is 0. The highest BCUT2D eigenvalue weighted by Gasteiger charge is 2.25. The Balaban J connectivity index is 2.08. The summed E-state index contributed by atoms with van der Waals surface area (Å²) in [6.45, 7) is 1.32. The van der Waals surface area contributed by atoms with E-state index in [4.69, 9.17) is 28.3 Å². The van der Waals surface area contributed by atoms with Crippen molar-refractivity contribution in [3.63, 3.8) is 0 Å². The molecule has 2 rings (SSSR count). The Morgan fingerprint density at radius 2 is 2.06 bits per heavy atom. The Morgan fingerprint density at radius 3 is 2.59 bits per heavy atom. The molecule has 1 fully saturated rings. The van der Waals surface area contributed by atoms with Crippen LogP contribution in [0.25, 0.3) is 0 Å². The Kier molecular flexibility index (Phi) is 3.74. The van der Waals surface area contributed by atoms with E-state index in [1.807, 2.05) is 4.90 Å². The Morgan fingerprint density at radius 1 is 1.41 bits per heavy atom. The molecule has 0 amide bonds. The lowest BCUT2D eigenvalue weighted by molar-refractivity contribution is -0.142. The van der Waals surface area contributed by atoms with Gasteiger partial charge in [-0.15, -0.1) is 0 Å². The van der Waals surface area contributed by atoms with Crippen molar-refractivity contribution in [2.24, 2.45) is 5.92 Å². The van der Waals surface area contributed by atoms with Gasteiger partial charge in [0.25, 0.3) is 0 Å². The molecule has 0 unspecified atom stereocenters. The lowest BCUT2D eigenvalue weighted by Crippen LogP contribution is -2.36. The number of rotatable bonds is 2. The van der Waals surface area contributed by atoms with Crippen molar-refractivity contribution >= 4 is 35.0 Å². The summed E-state index contributed by atoms with van der Waals surface area (Å²) in [4.78, 5) is 17.0. The SMILES string of the molecule is O=C(O)C1CCN(c2ncc(Cl)cc2Cl)CC1. The molecule has 0 bridgehead atoms. The van der Waals surface area contributed by atoms with Crippen LogP contribution in [0.3, 0.4) is 0 Å². The zero-order valence-electron chi connectivity index (χ0n) is 9.07.